The zero-order valence-electron chi connectivity index (χ0n) is 24.2. The van der Waals surface area contributed by atoms with Gasteiger partial charge in [0.15, 0.2) is 0 Å². The van der Waals surface area contributed by atoms with Crippen LogP contribution >= 0.6 is 0 Å². The molecule has 11 heteroatoms. The van der Waals surface area contributed by atoms with Gasteiger partial charge in [0.25, 0.3) is 0 Å². The number of ether oxygens (including phenoxy) is 1. The summed E-state index contributed by atoms with van der Waals surface area (Å²) in [7, 11) is 0. The predicted molar refractivity (Wildman–Crippen MR) is 142 cm³/mol. The molecule has 37 heavy (non-hydrogen) atoms. The van der Waals surface area contributed by atoms with E-state index in [4.69, 9.17) is 4.74 Å². The van der Waals surface area contributed by atoms with Gasteiger partial charge in [0.05, 0.1) is 5.60 Å². The summed E-state index contributed by atoms with van der Waals surface area (Å²) in [5, 5.41) is 11.0. The van der Waals surface area contributed by atoms with Gasteiger partial charge in [0.2, 0.25) is 29.5 Å². The van der Waals surface area contributed by atoms with Crippen LogP contribution in [-0.4, -0.2) is 84.9 Å². The van der Waals surface area contributed by atoms with Crippen LogP contribution in [0.1, 0.15) is 81.6 Å². The monoisotopic (exact) mass is 527 g/mol. The lowest BCUT2D eigenvalue weighted by atomic mass is 9.88. The molecule has 0 heterocycles. The Morgan fingerprint density at radius 2 is 1.30 bits per heavy atom. The Morgan fingerprint density at radius 3 is 1.76 bits per heavy atom. The quantitative estimate of drug-likeness (QED) is 0.223. The fourth-order valence-corrected chi connectivity index (χ4v) is 3.30. The van der Waals surface area contributed by atoms with Gasteiger partial charge in [-0.1, -0.05) is 13.8 Å². The summed E-state index contributed by atoms with van der Waals surface area (Å²) in [4.78, 5) is 62.2. The van der Waals surface area contributed by atoms with E-state index < -0.39 is 16.9 Å². The van der Waals surface area contributed by atoms with Gasteiger partial charge < -0.3 is 30.9 Å². The lowest BCUT2D eigenvalue weighted by molar-refractivity contribution is -0.140. The van der Waals surface area contributed by atoms with Crippen molar-refractivity contribution >= 4 is 29.5 Å². The minimum absolute atomic E-state index is 0.0432. The Hall–Kier alpha value is -2.69. The van der Waals surface area contributed by atoms with Crippen molar-refractivity contribution in [2.45, 2.75) is 99.3 Å². The van der Waals surface area contributed by atoms with Crippen LogP contribution in [0.4, 0.5) is 0 Å². The summed E-state index contributed by atoms with van der Waals surface area (Å²) < 4.78 is 5.93. The van der Waals surface area contributed by atoms with Crippen LogP contribution in [0.5, 0.6) is 0 Å². The number of rotatable bonds is 17. The highest BCUT2D eigenvalue weighted by Gasteiger charge is 2.29. The molecular weight excluding hydrogens is 478 g/mol. The first-order valence-electron chi connectivity index (χ1n) is 13.0. The van der Waals surface area contributed by atoms with E-state index in [2.05, 4.69) is 21.3 Å². The number of nitrogens with zero attached hydrogens (tertiary/aromatic N) is 1. The molecule has 4 N–H and O–H groups in total. The summed E-state index contributed by atoms with van der Waals surface area (Å²) in [6, 6.07) is -0.190. The number of carbonyl (C=O) groups excluding carboxylic acids is 5. The minimum atomic E-state index is -0.731. The number of hydrogen-bond donors (Lipinski definition) is 4. The van der Waals surface area contributed by atoms with Crippen LogP contribution in [0, 0.1) is 5.41 Å². The van der Waals surface area contributed by atoms with Gasteiger partial charge in [-0.15, -0.1) is 0 Å². The van der Waals surface area contributed by atoms with Crippen molar-refractivity contribution in [1.29, 1.82) is 0 Å². The average Bonchev–Trinajstić information content (AvgIpc) is 2.71. The Balaban J connectivity index is 4.78. The molecule has 0 aromatic carbocycles. The Bertz CT molecular complexity index is 755. The first-order valence-corrected chi connectivity index (χ1v) is 13.0. The summed E-state index contributed by atoms with van der Waals surface area (Å²) in [5.41, 5.74) is -1.18. The Kier molecular flexibility index (Phi) is 15.0. The molecule has 0 aromatic heterocycles. The summed E-state index contributed by atoms with van der Waals surface area (Å²) in [6.07, 6.45) is 1.06. The molecule has 5 amide bonds. The van der Waals surface area contributed by atoms with Crippen LogP contribution in [0.3, 0.4) is 0 Å². The maximum absolute atomic E-state index is 12.8. The SMILES string of the molecule is CC(=O)NCCC(C)(C)OCCC(C)(C)C(=O)NCCC(=O)N(CC(=O)NC(C)C)CC(=O)NC(C)C. The zero-order valence-corrected chi connectivity index (χ0v) is 24.2. The topological polar surface area (TPSA) is 146 Å². The number of nitrogens with one attached hydrogen (secondary N) is 4. The van der Waals surface area contributed by atoms with Crippen molar-refractivity contribution in [3.63, 3.8) is 0 Å². The molecule has 0 aromatic rings. The molecule has 214 valence electrons. The van der Waals surface area contributed by atoms with Crippen molar-refractivity contribution in [3.05, 3.63) is 0 Å². The predicted octanol–water partition coefficient (Wildman–Crippen LogP) is 1.11. The van der Waals surface area contributed by atoms with Crippen LogP contribution in [0.2, 0.25) is 0 Å². The van der Waals surface area contributed by atoms with E-state index in [0.717, 1.165) is 0 Å². The van der Waals surface area contributed by atoms with Crippen molar-refractivity contribution in [2.24, 2.45) is 5.41 Å². The summed E-state index contributed by atoms with van der Waals surface area (Å²) in [5.74, 6) is -1.42. The molecule has 0 rings (SSSR count). The third-order valence-corrected chi connectivity index (χ3v) is 5.48. The first kappa shape index (κ1) is 34.3. The molecule has 11 nitrogen and oxygen atoms in total. The lowest BCUT2D eigenvalue weighted by Crippen LogP contribution is -2.48. The molecule has 0 fully saturated rings. The molecular formula is C26H49N5O6. The second-order valence-electron chi connectivity index (χ2n) is 11.2. The van der Waals surface area contributed by atoms with E-state index in [9.17, 15) is 24.0 Å². The molecule has 0 saturated heterocycles. The van der Waals surface area contributed by atoms with Crippen molar-refractivity contribution in [3.8, 4) is 0 Å². The number of carbonyl (C=O) groups is 5. The number of hydrogen-bond acceptors (Lipinski definition) is 6. The van der Waals surface area contributed by atoms with Gasteiger partial charge in [-0.05, 0) is 54.4 Å². The molecule has 0 spiro atoms. The molecule has 0 unspecified atom stereocenters. The van der Waals surface area contributed by atoms with Crippen LogP contribution in [0.25, 0.3) is 0 Å². The van der Waals surface area contributed by atoms with Crippen LogP contribution < -0.4 is 21.3 Å². The molecule has 0 bridgehead atoms. The molecule has 0 saturated carbocycles. The van der Waals surface area contributed by atoms with Crippen molar-refractivity contribution < 1.29 is 28.7 Å². The van der Waals surface area contributed by atoms with Gasteiger partial charge in [0.1, 0.15) is 13.1 Å². The van der Waals surface area contributed by atoms with Crippen LogP contribution in [-0.2, 0) is 28.7 Å². The van der Waals surface area contributed by atoms with Crippen LogP contribution in [0.15, 0.2) is 0 Å². The fourth-order valence-electron chi connectivity index (χ4n) is 3.30. The van der Waals surface area contributed by atoms with Gasteiger partial charge in [0, 0.05) is 50.5 Å². The second kappa shape index (κ2) is 16.2. The first-order chi connectivity index (χ1) is 16.9. The van der Waals surface area contributed by atoms with E-state index in [1.165, 1.54) is 11.8 Å². The normalized spacial score (nSPS) is 11.8. The third kappa shape index (κ3) is 16.6. The summed E-state index contributed by atoms with van der Waals surface area (Å²) >= 11 is 0. The standard InChI is InChI=1S/C26H49N5O6/c1-18(2)29-21(33)16-31(17-22(34)30-19(3)4)23(35)10-13-28-24(36)25(6,7)12-15-37-26(8,9)11-14-27-20(5)32/h18-19H,10-17H2,1-9H3,(H,27,32)(H,28,36)(H,29,33)(H,30,34). The van der Waals surface area contributed by atoms with E-state index in [0.29, 0.717) is 26.0 Å². The zero-order chi connectivity index (χ0) is 28.8. The molecule has 0 aliphatic rings. The molecule has 0 atom stereocenters. The maximum atomic E-state index is 12.8. The molecule has 0 radical (unpaired) electrons. The van der Waals surface area contributed by atoms with E-state index in [-0.39, 0.29) is 61.8 Å². The van der Waals surface area contributed by atoms with Crippen molar-refractivity contribution in [2.75, 3.05) is 32.8 Å². The van der Waals surface area contributed by atoms with Gasteiger partial charge in [-0.3, -0.25) is 24.0 Å². The van der Waals surface area contributed by atoms with Gasteiger partial charge in [-0.25, -0.2) is 0 Å². The largest absolute Gasteiger partial charge is 0.375 e. The average molecular weight is 528 g/mol. The molecule has 0 aliphatic heterocycles. The maximum Gasteiger partial charge on any atom is 0.239 e. The Labute approximate surface area is 222 Å². The fraction of sp³-hybridized carbons (Fsp3) is 0.808. The highest BCUT2D eigenvalue weighted by Crippen LogP contribution is 2.23. The minimum Gasteiger partial charge on any atom is -0.375 e. The number of amides is 5. The second-order valence-corrected chi connectivity index (χ2v) is 11.2. The van der Waals surface area contributed by atoms with Gasteiger partial charge in [-0.2, -0.15) is 0 Å². The lowest BCUT2D eigenvalue weighted by Gasteiger charge is -2.29. The van der Waals surface area contributed by atoms with Crippen molar-refractivity contribution in [1.82, 2.24) is 26.2 Å². The van der Waals surface area contributed by atoms with E-state index in [1.54, 1.807) is 13.8 Å². The summed E-state index contributed by atoms with van der Waals surface area (Å²) in [6.45, 7) is 16.6. The van der Waals surface area contributed by atoms with E-state index >= 15 is 0 Å². The third-order valence-electron chi connectivity index (χ3n) is 5.48. The van der Waals surface area contributed by atoms with Gasteiger partial charge >= 0.3 is 0 Å². The smallest absolute Gasteiger partial charge is 0.239 e. The van der Waals surface area contributed by atoms with E-state index in [1.807, 2.05) is 41.5 Å². The highest BCUT2D eigenvalue weighted by atomic mass is 16.5. The Morgan fingerprint density at radius 1 is 0.784 bits per heavy atom. The highest BCUT2D eigenvalue weighted by molar-refractivity contribution is 5.89. The molecule has 0 aliphatic carbocycles.